The van der Waals surface area contributed by atoms with Crippen molar-refractivity contribution in [1.82, 2.24) is 9.55 Å². The van der Waals surface area contributed by atoms with Gasteiger partial charge in [0, 0.05) is 24.6 Å². The molecule has 0 spiro atoms. The first-order chi connectivity index (χ1) is 16.5. The Morgan fingerprint density at radius 1 is 1.12 bits per heavy atom. The Morgan fingerprint density at radius 2 is 1.91 bits per heavy atom. The van der Waals surface area contributed by atoms with Crippen LogP contribution in [0.5, 0.6) is 5.75 Å². The van der Waals surface area contributed by atoms with E-state index in [-0.39, 0.29) is 37.2 Å². The molecule has 1 aliphatic rings. The number of benzene rings is 3. The molecule has 174 valence electrons. The van der Waals surface area contributed by atoms with Gasteiger partial charge in [0.1, 0.15) is 30.1 Å². The predicted octanol–water partition coefficient (Wildman–Crippen LogP) is 4.44. The van der Waals surface area contributed by atoms with Gasteiger partial charge in [-0.2, -0.15) is 0 Å². The first-order valence-corrected chi connectivity index (χ1v) is 11.4. The van der Waals surface area contributed by atoms with Gasteiger partial charge >= 0.3 is 0 Å². The zero-order chi connectivity index (χ0) is 23.7. The molecule has 3 aromatic carbocycles. The number of amides is 1. The summed E-state index contributed by atoms with van der Waals surface area (Å²) in [7, 11) is 0. The number of rotatable bonds is 7. The molecule has 0 radical (unpaired) electrons. The molecule has 4 aromatic rings. The number of fused-ring (bicyclic) bond motifs is 1. The fourth-order valence-electron chi connectivity index (χ4n) is 4.54. The lowest BCUT2D eigenvalue weighted by atomic mass is 10.1. The normalized spacial score (nSPS) is 16.9. The van der Waals surface area contributed by atoms with Gasteiger partial charge in [0.25, 0.3) is 0 Å². The highest BCUT2D eigenvalue weighted by atomic mass is 19.1. The molecule has 1 amide bonds. The van der Waals surface area contributed by atoms with Gasteiger partial charge < -0.3 is 19.3 Å². The number of carbonyl (C=O) groups excluding carboxylic acids is 1. The molecule has 0 saturated carbocycles. The molecule has 2 heterocycles. The molecular weight excluding hydrogens is 433 g/mol. The second kappa shape index (κ2) is 9.27. The second-order valence-electron chi connectivity index (χ2n) is 8.68. The molecular formula is C27H26FN3O3. The average molecular weight is 460 g/mol. The monoisotopic (exact) mass is 459 g/mol. The first-order valence-electron chi connectivity index (χ1n) is 11.4. The van der Waals surface area contributed by atoms with Crippen molar-refractivity contribution in [1.29, 1.82) is 0 Å². The maximum atomic E-state index is 13.7. The van der Waals surface area contributed by atoms with E-state index in [0.717, 1.165) is 28.2 Å². The highest BCUT2D eigenvalue weighted by molar-refractivity contribution is 5.96. The van der Waals surface area contributed by atoms with Crippen LogP contribution in [0, 0.1) is 12.7 Å². The molecule has 1 fully saturated rings. The topological polar surface area (TPSA) is 67.6 Å². The van der Waals surface area contributed by atoms with E-state index in [9.17, 15) is 14.3 Å². The van der Waals surface area contributed by atoms with E-state index in [1.165, 1.54) is 12.1 Å². The van der Waals surface area contributed by atoms with Gasteiger partial charge in [0.05, 0.1) is 17.6 Å². The number of aliphatic hydroxyl groups is 1. The molecule has 1 N–H and O–H groups in total. The van der Waals surface area contributed by atoms with Crippen molar-refractivity contribution in [3.8, 4) is 5.75 Å². The summed E-state index contributed by atoms with van der Waals surface area (Å²) in [5.74, 6) is 0.857. The van der Waals surface area contributed by atoms with Gasteiger partial charge in [-0.15, -0.1) is 0 Å². The number of hydrogen-bond donors (Lipinski definition) is 1. The van der Waals surface area contributed by atoms with Crippen molar-refractivity contribution in [3.05, 3.63) is 90.0 Å². The molecule has 6 nitrogen and oxygen atoms in total. The molecule has 1 aromatic heterocycles. The third kappa shape index (κ3) is 4.39. The van der Waals surface area contributed by atoms with Crippen LogP contribution in [-0.4, -0.2) is 39.8 Å². The van der Waals surface area contributed by atoms with Crippen LogP contribution in [0.15, 0.2) is 72.8 Å². The highest BCUT2D eigenvalue weighted by Crippen LogP contribution is 2.33. The number of aryl methyl sites for hydroxylation is 1. The Kier molecular flexibility index (Phi) is 6.02. The SMILES string of the molecule is Cc1ccccc1OC[C@H](O)Cn1c([C@@H]2CC(=O)N(c3cccc(F)c3)C2)nc2ccccc21. The standard InChI is InChI=1S/C27H26FN3O3/c1-18-7-2-5-12-25(18)34-17-22(32)16-31-24-11-4-3-10-23(24)29-27(31)19-13-26(33)30(15-19)21-9-6-8-20(28)14-21/h2-12,14,19,22,32H,13,15-17H2,1H3/t19-,22-/m1/s1. The van der Waals surface area contributed by atoms with Gasteiger partial charge in [-0.1, -0.05) is 36.4 Å². The Balaban J connectivity index is 1.39. The maximum Gasteiger partial charge on any atom is 0.227 e. The van der Waals surface area contributed by atoms with E-state index in [1.807, 2.05) is 60.0 Å². The largest absolute Gasteiger partial charge is 0.491 e. The number of halogens is 1. The fraction of sp³-hybridized carbons (Fsp3) is 0.259. The molecule has 1 aliphatic heterocycles. The van der Waals surface area contributed by atoms with Crippen molar-refractivity contribution in [2.45, 2.75) is 31.9 Å². The van der Waals surface area contributed by atoms with Crippen molar-refractivity contribution in [2.24, 2.45) is 0 Å². The van der Waals surface area contributed by atoms with Gasteiger partial charge in [-0.25, -0.2) is 9.37 Å². The smallest absolute Gasteiger partial charge is 0.227 e. The summed E-state index contributed by atoms with van der Waals surface area (Å²) < 4.78 is 21.6. The number of carbonyl (C=O) groups is 1. The Labute approximate surface area is 197 Å². The van der Waals surface area contributed by atoms with Crippen LogP contribution < -0.4 is 9.64 Å². The van der Waals surface area contributed by atoms with E-state index in [1.54, 1.807) is 17.0 Å². The summed E-state index contributed by atoms with van der Waals surface area (Å²) in [5.41, 5.74) is 3.25. The predicted molar refractivity (Wildman–Crippen MR) is 129 cm³/mol. The lowest BCUT2D eigenvalue weighted by molar-refractivity contribution is -0.117. The molecule has 1 saturated heterocycles. The highest BCUT2D eigenvalue weighted by Gasteiger charge is 2.35. The average Bonchev–Trinajstić information content (AvgIpc) is 3.39. The third-order valence-electron chi connectivity index (χ3n) is 6.21. The van der Waals surface area contributed by atoms with E-state index in [0.29, 0.717) is 12.2 Å². The van der Waals surface area contributed by atoms with Crippen LogP contribution in [-0.2, 0) is 11.3 Å². The summed E-state index contributed by atoms with van der Waals surface area (Å²) >= 11 is 0. The van der Waals surface area contributed by atoms with Crippen molar-refractivity contribution >= 4 is 22.6 Å². The summed E-state index contributed by atoms with van der Waals surface area (Å²) in [6.07, 6.45) is -0.497. The molecule has 0 aliphatic carbocycles. The van der Waals surface area contributed by atoms with Crippen LogP contribution in [0.25, 0.3) is 11.0 Å². The van der Waals surface area contributed by atoms with E-state index in [4.69, 9.17) is 9.72 Å². The molecule has 5 rings (SSSR count). The fourth-order valence-corrected chi connectivity index (χ4v) is 4.54. The Morgan fingerprint density at radius 3 is 2.74 bits per heavy atom. The van der Waals surface area contributed by atoms with Crippen LogP contribution in [0.2, 0.25) is 0 Å². The number of ether oxygens (including phenoxy) is 1. The number of anilines is 1. The third-order valence-corrected chi connectivity index (χ3v) is 6.21. The number of imidazole rings is 1. The number of aliphatic hydroxyl groups excluding tert-OH is 1. The number of nitrogens with zero attached hydrogens (tertiary/aromatic N) is 3. The van der Waals surface area contributed by atoms with Crippen LogP contribution >= 0.6 is 0 Å². The minimum Gasteiger partial charge on any atom is -0.491 e. The minimum atomic E-state index is -0.771. The molecule has 0 unspecified atom stereocenters. The Bertz CT molecular complexity index is 1340. The molecule has 0 bridgehead atoms. The summed E-state index contributed by atoms with van der Waals surface area (Å²) in [5, 5.41) is 10.8. The van der Waals surface area contributed by atoms with Gasteiger partial charge in [-0.3, -0.25) is 4.79 Å². The maximum absolute atomic E-state index is 13.7. The molecule has 7 heteroatoms. The lowest BCUT2D eigenvalue weighted by Gasteiger charge is -2.19. The van der Waals surface area contributed by atoms with Crippen LogP contribution in [0.1, 0.15) is 23.7 Å². The number of hydrogen-bond acceptors (Lipinski definition) is 4. The van der Waals surface area contributed by atoms with Gasteiger partial charge in [0.2, 0.25) is 5.91 Å². The summed E-state index contributed by atoms with van der Waals surface area (Å²) in [4.78, 5) is 19.2. The van der Waals surface area contributed by atoms with Gasteiger partial charge in [-0.05, 0) is 48.9 Å². The van der Waals surface area contributed by atoms with Crippen molar-refractivity contribution in [2.75, 3.05) is 18.1 Å². The zero-order valence-corrected chi connectivity index (χ0v) is 18.9. The van der Waals surface area contributed by atoms with E-state index < -0.39 is 6.10 Å². The van der Waals surface area contributed by atoms with Crippen LogP contribution in [0.4, 0.5) is 10.1 Å². The van der Waals surface area contributed by atoms with Crippen molar-refractivity contribution < 1.29 is 19.0 Å². The summed E-state index contributed by atoms with van der Waals surface area (Å²) in [6.45, 7) is 2.79. The molecule has 2 atom stereocenters. The number of para-hydroxylation sites is 3. The van der Waals surface area contributed by atoms with Crippen LogP contribution in [0.3, 0.4) is 0 Å². The zero-order valence-electron chi connectivity index (χ0n) is 18.9. The van der Waals surface area contributed by atoms with Crippen molar-refractivity contribution in [3.63, 3.8) is 0 Å². The van der Waals surface area contributed by atoms with Gasteiger partial charge in [0.15, 0.2) is 0 Å². The Hall–Kier alpha value is -3.71. The van der Waals surface area contributed by atoms with E-state index >= 15 is 0 Å². The van der Waals surface area contributed by atoms with E-state index in [2.05, 4.69) is 0 Å². The summed E-state index contributed by atoms with van der Waals surface area (Å²) in [6, 6.07) is 21.5. The second-order valence-corrected chi connectivity index (χ2v) is 8.68. The first kappa shape index (κ1) is 22.1. The lowest BCUT2D eigenvalue weighted by Crippen LogP contribution is -2.26. The quantitative estimate of drug-likeness (QED) is 0.444. The molecule has 34 heavy (non-hydrogen) atoms. The minimum absolute atomic E-state index is 0.0716. The number of aromatic nitrogens is 2.